The van der Waals surface area contributed by atoms with E-state index in [1.807, 2.05) is 48.5 Å². The van der Waals surface area contributed by atoms with Gasteiger partial charge in [0.25, 0.3) is 0 Å². The molecule has 0 spiro atoms. The number of likely N-dealkylation sites (tertiary alicyclic amines) is 1. The van der Waals surface area contributed by atoms with Gasteiger partial charge in [0.1, 0.15) is 0 Å². The number of rotatable bonds is 5. The fraction of sp³-hybridized carbons (Fsp3) is 0.393. The van der Waals surface area contributed by atoms with E-state index in [-0.39, 0.29) is 18.0 Å². The van der Waals surface area contributed by atoms with Crippen molar-refractivity contribution in [1.29, 1.82) is 5.41 Å². The van der Waals surface area contributed by atoms with E-state index in [2.05, 4.69) is 15.6 Å². The summed E-state index contributed by atoms with van der Waals surface area (Å²) in [6.45, 7) is 5.99. The molecule has 4 heterocycles. The molecule has 0 aliphatic carbocycles. The molecular weight excluding hydrogens is 498 g/mol. The Bertz CT molecular complexity index is 1420. The predicted molar refractivity (Wildman–Crippen MR) is 151 cm³/mol. The number of aromatic nitrogens is 2. The van der Waals surface area contributed by atoms with E-state index >= 15 is 0 Å². The molecule has 1 saturated heterocycles. The number of pyridine rings is 1. The van der Waals surface area contributed by atoms with Gasteiger partial charge in [-0.1, -0.05) is 18.2 Å². The maximum Gasteiger partial charge on any atom is 0.317 e. The molecule has 0 atom stereocenters. The smallest absolute Gasteiger partial charge is 0.317 e. The van der Waals surface area contributed by atoms with Crippen LogP contribution in [0.3, 0.4) is 0 Å². The van der Waals surface area contributed by atoms with Crippen molar-refractivity contribution in [3.63, 3.8) is 0 Å². The summed E-state index contributed by atoms with van der Waals surface area (Å²) in [4.78, 5) is 38.0. The van der Waals surface area contributed by atoms with E-state index in [0.717, 1.165) is 69.1 Å². The van der Waals surface area contributed by atoms with Crippen molar-refractivity contribution >= 4 is 39.8 Å². The standard InChI is InChI=1S/C28H33N7O2S/c1-17-31-15-26(38-17)25-13-19-5-4-6-21(22(19)14-32-25)27(29)23-16-35(28(37)30-3)12-9-24(23)33-20-7-10-34(11-8-20)18(2)36/h4-6,13-15,20,29,33H,7-12,16H2,1-3H3,(H,30,37). The summed E-state index contributed by atoms with van der Waals surface area (Å²) in [5, 5.41) is 18.6. The van der Waals surface area contributed by atoms with E-state index in [1.54, 1.807) is 30.2 Å². The van der Waals surface area contributed by atoms with E-state index < -0.39 is 0 Å². The van der Waals surface area contributed by atoms with E-state index in [4.69, 9.17) is 4.98 Å². The lowest BCUT2D eigenvalue weighted by Crippen LogP contribution is -2.48. The topological polar surface area (TPSA) is 114 Å². The van der Waals surface area contributed by atoms with Gasteiger partial charge >= 0.3 is 6.03 Å². The van der Waals surface area contributed by atoms with Gasteiger partial charge in [-0.25, -0.2) is 9.78 Å². The SMILES string of the molecule is CNC(=O)N1CCC(NC2CCN(C(C)=O)CC2)=C(C(=N)c2cccc3cc(-c4cnc(C)s4)ncc23)C1. The van der Waals surface area contributed by atoms with Crippen LogP contribution >= 0.6 is 11.3 Å². The van der Waals surface area contributed by atoms with E-state index in [9.17, 15) is 15.0 Å². The highest BCUT2D eigenvalue weighted by molar-refractivity contribution is 7.15. The lowest BCUT2D eigenvalue weighted by Gasteiger charge is -2.36. The Morgan fingerprint density at radius 2 is 1.89 bits per heavy atom. The second-order valence-corrected chi connectivity index (χ2v) is 11.1. The highest BCUT2D eigenvalue weighted by Crippen LogP contribution is 2.30. The normalized spacial score (nSPS) is 16.6. The first-order valence-electron chi connectivity index (χ1n) is 13.0. The van der Waals surface area contributed by atoms with Gasteiger partial charge in [0.05, 0.1) is 27.8 Å². The molecule has 3 amide bonds. The number of urea groups is 1. The van der Waals surface area contributed by atoms with Gasteiger partial charge in [-0.2, -0.15) is 0 Å². The lowest BCUT2D eigenvalue weighted by atomic mass is 9.92. The number of nitrogens with zero attached hydrogens (tertiary/aromatic N) is 4. The predicted octanol–water partition coefficient (Wildman–Crippen LogP) is 3.93. The second-order valence-electron chi connectivity index (χ2n) is 9.82. The number of benzene rings is 1. The van der Waals surface area contributed by atoms with Crippen LogP contribution in [-0.4, -0.2) is 76.7 Å². The van der Waals surface area contributed by atoms with Gasteiger partial charge in [-0.15, -0.1) is 11.3 Å². The first-order chi connectivity index (χ1) is 18.3. The second kappa shape index (κ2) is 10.9. The fourth-order valence-corrected chi connectivity index (χ4v) is 5.98. The number of hydrogen-bond donors (Lipinski definition) is 3. The third-order valence-electron chi connectivity index (χ3n) is 7.37. The summed E-state index contributed by atoms with van der Waals surface area (Å²) >= 11 is 1.61. The largest absolute Gasteiger partial charge is 0.385 e. The van der Waals surface area contributed by atoms with Crippen molar-refractivity contribution < 1.29 is 9.59 Å². The van der Waals surface area contributed by atoms with Crippen LogP contribution in [0.2, 0.25) is 0 Å². The summed E-state index contributed by atoms with van der Waals surface area (Å²) < 4.78 is 0. The molecule has 0 bridgehead atoms. The molecule has 0 saturated carbocycles. The average Bonchev–Trinajstić information content (AvgIpc) is 3.38. The van der Waals surface area contributed by atoms with Gasteiger partial charge in [0, 0.05) is 80.7 Å². The van der Waals surface area contributed by atoms with Crippen LogP contribution in [0.15, 0.2) is 47.9 Å². The van der Waals surface area contributed by atoms with Crippen molar-refractivity contribution in [2.75, 3.05) is 33.2 Å². The Morgan fingerprint density at radius 1 is 1.11 bits per heavy atom. The van der Waals surface area contributed by atoms with Gasteiger partial charge < -0.3 is 20.4 Å². The third-order valence-corrected chi connectivity index (χ3v) is 8.31. The van der Waals surface area contributed by atoms with Crippen molar-refractivity contribution in [1.82, 2.24) is 30.4 Å². The Hall–Kier alpha value is -3.79. The number of nitrogens with one attached hydrogen (secondary N) is 3. The summed E-state index contributed by atoms with van der Waals surface area (Å²) in [5.41, 5.74) is 3.90. The van der Waals surface area contributed by atoms with Crippen molar-refractivity contribution in [3.05, 3.63) is 58.5 Å². The number of carbonyl (C=O) groups is 2. The molecule has 3 N–H and O–H groups in total. The average molecular weight is 532 g/mol. The highest BCUT2D eigenvalue weighted by atomic mass is 32.1. The van der Waals surface area contributed by atoms with Crippen LogP contribution < -0.4 is 10.6 Å². The lowest BCUT2D eigenvalue weighted by molar-refractivity contribution is -0.129. The van der Waals surface area contributed by atoms with Crippen LogP contribution in [0.4, 0.5) is 4.79 Å². The first kappa shape index (κ1) is 25.8. The molecule has 2 aromatic heterocycles. The Kier molecular flexibility index (Phi) is 7.42. The zero-order valence-corrected chi connectivity index (χ0v) is 22.8. The number of fused-ring (bicyclic) bond motifs is 1. The number of amides is 3. The maximum absolute atomic E-state index is 12.5. The summed E-state index contributed by atoms with van der Waals surface area (Å²) in [6.07, 6.45) is 6.06. The van der Waals surface area contributed by atoms with Gasteiger partial charge in [-0.05, 0) is 31.2 Å². The third kappa shape index (κ3) is 5.26. The molecule has 2 aliphatic heterocycles. The minimum atomic E-state index is -0.145. The van der Waals surface area contributed by atoms with Gasteiger partial charge in [-0.3, -0.25) is 15.2 Å². The number of hydrogen-bond acceptors (Lipinski definition) is 7. The number of piperidine rings is 1. The zero-order valence-electron chi connectivity index (χ0n) is 22.0. The summed E-state index contributed by atoms with van der Waals surface area (Å²) in [5.74, 6) is 0.113. The number of carbonyl (C=O) groups excluding carboxylic acids is 2. The van der Waals surface area contributed by atoms with Crippen molar-refractivity contribution in [3.8, 4) is 10.6 Å². The maximum atomic E-state index is 12.5. The quantitative estimate of drug-likeness (QED) is 0.432. The number of aryl methyl sites for hydroxylation is 1. The molecule has 2 aliphatic rings. The molecule has 3 aromatic rings. The minimum Gasteiger partial charge on any atom is -0.385 e. The summed E-state index contributed by atoms with van der Waals surface area (Å²) in [6, 6.07) is 8.10. The molecule has 0 radical (unpaired) electrons. The Balaban J connectivity index is 1.47. The highest BCUT2D eigenvalue weighted by Gasteiger charge is 2.28. The summed E-state index contributed by atoms with van der Waals surface area (Å²) in [7, 11) is 1.63. The van der Waals surface area contributed by atoms with E-state index in [0.29, 0.717) is 25.2 Å². The molecule has 1 fully saturated rings. The Labute approximate surface area is 226 Å². The van der Waals surface area contributed by atoms with Crippen LogP contribution in [-0.2, 0) is 4.79 Å². The van der Waals surface area contributed by atoms with Crippen LogP contribution in [0.5, 0.6) is 0 Å². The van der Waals surface area contributed by atoms with Gasteiger partial charge in [0.2, 0.25) is 5.91 Å². The van der Waals surface area contributed by atoms with Crippen LogP contribution in [0.1, 0.15) is 36.8 Å². The molecule has 0 unspecified atom stereocenters. The number of thiazole rings is 1. The molecule has 198 valence electrons. The monoisotopic (exact) mass is 531 g/mol. The van der Waals surface area contributed by atoms with Crippen LogP contribution in [0, 0.1) is 12.3 Å². The molecule has 5 rings (SSSR count). The van der Waals surface area contributed by atoms with Crippen LogP contribution in [0.25, 0.3) is 21.3 Å². The fourth-order valence-electron chi connectivity index (χ4n) is 5.24. The molecular formula is C28H33N7O2S. The van der Waals surface area contributed by atoms with Crippen molar-refractivity contribution in [2.45, 2.75) is 39.2 Å². The van der Waals surface area contributed by atoms with E-state index in [1.165, 1.54) is 0 Å². The Morgan fingerprint density at radius 3 is 2.58 bits per heavy atom. The molecule has 10 heteroatoms. The molecule has 9 nitrogen and oxygen atoms in total. The molecule has 38 heavy (non-hydrogen) atoms. The van der Waals surface area contributed by atoms with Gasteiger partial charge in [0.15, 0.2) is 0 Å². The zero-order chi connectivity index (χ0) is 26.8. The molecule has 1 aromatic carbocycles. The minimum absolute atomic E-state index is 0.113. The first-order valence-corrected chi connectivity index (χ1v) is 13.8. The van der Waals surface area contributed by atoms with Crippen molar-refractivity contribution in [2.24, 2.45) is 0 Å².